The highest BCUT2D eigenvalue weighted by atomic mass is 35.5. The highest BCUT2D eigenvalue weighted by Crippen LogP contribution is 2.24. The minimum Gasteiger partial charge on any atom is -0.484 e. The number of carbonyl (C=O) groups is 2. The Hall–Kier alpha value is -2.24. The van der Waals surface area contributed by atoms with E-state index in [1.807, 2.05) is 39.0 Å². The van der Waals surface area contributed by atoms with Crippen LogP contribution in [-0.4, -0.2) is 35.9 Å². The van der Waals surface area contributed by atoms with Gasteiger partial charge in [-0.15, -0.1) is 0 Å². The molecule has 0 spiro atoms. The van der Waals surface area contributed by atoms with E-state index in [0.717, 1.165) is 29.5 Å². The predicted octanol–water partition coefficient (Wildman–Crippen LogP) is 5.71. The average Bonchev–Trinajstić information content (AvgIpc) is 2.76. The zero-order valence-electron chi connectivity index (χ0n) is 19.2. The molecule has 2 aromatic carbocycles. The normalized spacial score (nSPS) is 11.7. The second-order valence-corrected chi connectivity index (χ2v) is 8.69. The molecule has 174 valence electrons. The van der Waals surface area contributed by atoms with Crippen molar-refractivity contribution in [3.8, 4) is 5.75 Å². The summed E-state index contributed by atoms with van der Waals surface area (Å²) in [5.41, 5.74) is 3.03. The fraction of sp³-hybridized carbons (Fsp3) is 0.440. The fourth-order valence-electron chi connectivity index (χ4n) is 3.29. The first-order valence-corrected chi connectivity index (χ1v) is 11.7. The minimum absolute atomic E-state index is 0.164. The van der Waals surface area contributed by atoms with Crippen LogP contribution in [0.25, 0.3) is 0 Å². The van der Waals surface area contributed by atoms with Crippen LogP contribution in [0.15, 0.2) is 36.4 Å². The topological polar surface area (TPSA) is 58.6 Å². The van der Waals surface area contributed by atoms with Gasteiger partial charge in [-0.2, -0.15) is 0 Å². The standard InChI is InChI=1S/C25H32Cl2N2O3/c1-5-7-12-28-25(31)23(6-2)29(15-19-9-11-21(26)22(27)14-19)24(30)16-32-20-10-8-17(3)18(4)13-20/h8-11,13-14,23H,5-7,12,15-16H2,1-4H3,(H,28,31). The van der Waals surface area contributed by atoms with Crippen molar-refractivity contribution in [1.29, 1.82) is 0 Å². The number of amides is 2. The number of unbranched alkanes of at least 4 members (excludes halogenated alkanes) is 1. The van der Waals surface area contributed by atoms with Crippen molar-refractivity contribution >= 4 is 35.0 Å². The molecule has 0 aliphatic rings. The molecule has 2 amide bonds. The Morgan fingerprint density at radius 3 is 2.41 bits per heavy atom. The Kier molecular flexibility index (Phi) is 10.3. The third kappa shape index (κ3) is 7.42. The van der Waals surface area contributed by atoms with Crippen molar-refractivity contribution in [2.45, 2.75) is 59.5 Å². The summed E-state index contributed by atoms with van der Waals surface area (Å²) in [5.74, 6) is 0.184. The summed E-state index contributed by atoms with van der Waals surface area (Å²) in [6, 6.07) is 10.3. The first-order chi connectivity index (χ1) is 15.3. The van der Waals surface area contributed by atoms with E-state index < -0.39 is 6.04 Å². The van der Waals surface area contributed by atoms with E-state index in [-0.39, 0.29) is 25.0 Å². The highest BCUT2D eigenvalue weighted by molar-refractivity contribution is 6.42. The maximum Gasteiger partial charge on any atom is 0.261 e. The predicted molar refractivity (Wildman–Crippen MR) is 130 cm³/mol. The van der Waals surface area contributed by atoms with Gasteiger partial charge in [-0.25, -0.2) is 0 Å². The van der Waals surface area contributed by atoms with E-state index in [1.54, 1.807) is 23.1 Å². The lowest BCUT2D eigenvalue weighted by Crippen LogP contribution is -2.50. The van der Waals surface area contributed by atoms with Gasteiger partial charge in [0.05, 0.1) is 10.0 Å². The molecule has 0 radical (unpaired) electrons. The van der Waals surface area contributed by atoms with Gasteiger partial charge in [0.2, 0.25) is 5.91 Å². The lowest BCUT2D eigenvalue weighted by molar-refractivity contribution is -0.143. The summed E-state index contributed by atoms with van der Waals surface area (Å²) in [7, 11) is 0. The Bertz CT molecular complexity index is 933. The molecule has 0 aromatic heterocycles. The molecule has 0 fully saturated rings. The van der Waals surface area contributed by atoms with Crippen LogP contribution in [-0.2, 0) is 16.1 Å². The van der Waals surface area contributed by atoms with Crippen LogP contribution in [0.5, 0.6) is 5.75 Å². The molecule has 2 aromatic rings. The number of rotatable bonds is 11. The van der Waals surface area contributed by atoms with Crippen molar-refractivity contribution in [3.05, 3.63) is 63.1 Å². The third-order valence-electron chi connectivity index (χ3n) is 5.39. The molecule has 0 heterocycles. The molecule has 5 nitrogen and oxygen atoms in total. The van der Waals surface area contributed by atoms with Crippen LogP contribution < -0.4 is 10.1 Å². The van der Waals surface area contributed by atoms with E-state index in [2.05, 4.69) is 12.2 Å². The maximum atomic E-state index is 13.2. The molecule has 1 N–H and O–H groups in total. The Morgan fingerprint density at radius 1 is 1.03 bits per heavy atom. The number of benzene rings is 2. The van der Waals surface area contributed by atoms with E-state index in [4.69, 9.17) is 27.9 Å². The summed E-state index contributed by atoms with van der Waals surface area (Å²) in [6.45, 7) is 8.62. The van der Waals surface area contributed by atoms with Crippen LogP contribution in [0.2, 0.25) is 10.0 Å². The molecular weight excluding hydrogens is 447 g/mol. The molecule has 0 bridgehead atoms. The maximum absolute atomic E-state index is 13.2. The molecule has 0 aliphatic carbocycles. The van der Waals surface area contributed by atoms with Crippen molar-refractivity contribution < 1.29 is 14.3 Å². The third-order valence-corrected chi connectivity index (χ3v) is 6.13. The molecule has 0 aliphatic heterocycles. The van der Waals surface area contributed by atoms with E-state index >= 15 is 0 Å². The first kappa shape index (κ1) is 26.0. The van der Waals surface area contributed by atoms with Crippen LogP contribution in [0.3, 0.4) is 0 Å². The zero-order valence-corrected chi connectivity index (χ0v) is 20.7. The van der Waals surface area contributed by atoms with Gasteiger partial charge in [0, 0.05) is 13.1 Å². The number of aryl methyl sites for hydroxylation is 2. The van der Waals surface area contributed by atoms with Crippen molar-refractivity contribution in [3.63, 3.8) is 0 Å². The molecule has 2 rings (SSSR count). The summed E-state index contributed by atoms with van der Waals surface area (Å²) in [4.78, 5) is 27.6. The Balaban J connectivity index is 2.21. The quantitative estimate of drug-likeness (QED) is 0.420. The minimum atomic E-state index is -0.614. The highest BCUT2D eigenvalue weighted by Gasteiger charge is 2.29. The largest absolute Gasteiger partial charge is 0.484 e. The number of carbonyl (C=O) groups excluding carboxylic acids is 2. The van der Waals surface area contributed by atoms with E-state index in [1.165, 1.54) is 0 Å². The van der Waals surface area contributed by atoms with E-state index in [9.17, 15) is 9.59 Å². The average molecular weight is 479 g/mol. The summed E-state index contributed by atoms with van der Waals surface area (Å²) < 4.78 is 5.77. The van der Waals surface area contributed by atoms with Gasteiger partial charge in [-0.3, -0.25) is 9.59 Å². The Morgan fingerprint density at radius 2 is 1.78 bits per heavy atom. The van der Waals surface area contributed by atoms with Crippen molar-refractivity contribution in [2.24, 2.45) is 0 Å². The first-order valence-electron chi connectivity index (χ1n) is 11.0. The molecule has 1 unspecified atom stereocenters. The number of halogens is 2. The van der Waals surface area contributed by atoms with E-state index in [0.29, 0.717) is 28.8 Å². The van der Waals surface area contributed by atoms with Crippen LogP contribution in [0.4, 0.5) is 0 Å². The van der Waals surface area contributed by atoms with Gasteiger partial charge in [-0.1, -0.05) is 55.6 Å². The zero-order chi connectivity index (χ0) is 23.7. The van der Waals surface area contributed by atoms with Gasteiger partial charge in [0.1, 0.15) is 11.8 Å². The van der Waals surface area contributed by atoms with Gasteiger partial charge in [0.25, 0.3) is 5.91 Å². The van der Waals surface area contributed by atoms with Crippen LogP contribution in [0.1, 0.15) is 49.8 Å². The fourth-order valence-corrected chi connectivity index (χ4v) is 3.61. The Labute approximate surface area is 201 Å². The second kappa shape index (κ2) is 12.7. The SMILES string of the molecule is CCCCNC(=O)C(CC)N(Cc1ccc(Cl)c(Cl)c1)C(=O)COc1ccc(C)c(C)c1. The molecule has 7 heteroatoms. The molecule has 0 saturated carbocycles. The number of nitrogens with zero attached hydrogens (tertiary/aromatic N) is 1. The van der Waals surface area contributed by atoms with Crippen LogP contribution >= 0.6 is 23.2 Å². The number of ether oxygens (including phenoxy) is 1. The smallest absolute Gasteiger partial charge is 0.261 e. The van der Waals surface area contributed by atoms with Crippen molar-refractivity contribution in [1.82, 2.24) is 10.2 Å². The molecular formula is C25H32Cl2N2O3. The van der Waals surface area contributed by atoms with Crippen molar-refractivity contribution in [2.75, 3.05) is 13.2 Å². The second-order valence-electron chi connectivity index (χ2n) is 7.87. The molecule has 32 heavy (non-hydrogen) atoms. The summed E-state index contributed by atoms with van der Waals surface area (Å²) in [6.07, 6.45) is 2.35. The van der Waals surface area contributed by atoms with Gasteiger partial charge < -0.3 is 15.0 Å². The summed E-state index contributed by atoms with van der Waals surface area (Å²) >= 11 is 12.2. The monoisotopic (exact) mass is 478 g/mol. The number of hydrogen-bond acceptors (Lipinski definition) is 3. The number of hydrogen-bond donors (Lipinski definition) is 1. The summed E-state index contributed by atoms with van der Waals surface area (Å²) in [5, 5.41) is 3.79. The molecule has 0 saturated heterocycles. The molecule has 1 atom stereocenters. The van der Waals surface area contributed by atoms with Crippen LogP contribution in [0, 0.1) is 13.8 Å². The number of nitrogens with one attached hydrogen (secondary N) is 1. The lowest BCUT2D eigenvalue weighted by Gasteiger charge is -2.30. The van der Waals surface area contributed by atoms with Gasteiger partial charge in [-0.05, 0) is 67.6 Å². The lowest BCUT2D eigenvalue weighted by atomic mass is 10.1. The van der Waals surface area contributed by atoms with Gasteiger partial charge in [0.15, 0.2) is 6.61 Å². The van der Waals surface area contributed by atoms with Gasteiger partial charge >= 0.3 is 0 Å².